The second kappa shape index (κ2) is 11.6. The molecule has 0 saturated heterocycles. The topological polar surface area (TPSA) is 0 Å². The molecule has 0 fully saturated rings. The Morgan fingerprint density at radius 1 is 0.452 bits per heavy atom. The van der Waals surface area contributed by atoms with Crippen molar-refractivity contribution in [3.63, 3.8) is 0 Å². The molecule has 5 aromatic carbocycles. The summed E-state index contributed by atoms with van der Waals surface area (Å²) in [6.45, 7) is 4.68. The van der Waals surface area contributed by atoms with Crippen molar-refractivity contribution in [3.8, 4) is 22.3 Å². The first kappa shape index (κ1) is 26.7. The zero-order chi connectivity index (χ0) is 28.5. The molecule has 2 aliphatic carbocycles. The van der Waals surface area contributed by atoms with Gasteiger partial charge >= 0.3 is 0 Å². The maximum atomic E-state index is 2.50. The van der Waals surface area contributed by atoms with Crippen molar-refractivity contribution >= 4 is 19.2 Å². The SMILES string of the molecule is CCC1=C([SiH](Cc2ccccc2)C2=C(CC)[CH]c3cccc(-c4ccccc4)c32)c2c(cccc2-c2ccccc2)[CH]1. The average Bonchev–Trinajstić information content (AvgIpc) is 3.63. The molecule has 0 aliphatic heterocycles. The first-order valence-corrected chi connectivity index (χ1v) is 17.3. The number of allylic oxidation sites excluding steroid dienone is 2. The van der Waals surface area contributed by atoms with Crippen LogP contribution in [0.15, 0.2) is 139 Å². The van der Waals surface area contributed by atoms with Crippen LogP contribution in [0.5, 0.6) is 0 Å². The molecule has 42 heavy (non-hydrogen) atoms. The van der Waals surface area contributed by atoms with E-state index < -0.39 is 8.80 Å². The summed E-state index contributed by atoms with van der Waals surface area (Å²) in [5.74, 6) is 0. The van der Waals surface area contributed by atoms with Crippen LogP contribution < -0.4 is 0 Å². The highest BCUT2D eigenvalue weighted by molar-refractivity contribution is 6.95. The second-order valence-electron chi connectivity index (χ2n) is 11.4. The van der Waals surface area contributed by atoms with Gasteiger partial charge < -0.3 is 0 Å². The van der Waals surface area contributed by atoms with Crippen molar-refractivity contribution in [2.45, 2.75) is 32.7 Å². The maximum Gasteiger partial charge on any atom is 0.108 e. The Morgan fingerprint density at radius 2 is 0.881 bits per heavy atom. The Bertz CT molecular complexity index is 1680. The van der Waals surface area contributed by atoms with E-state index >= 15 is 0 Å². The van der Waals surface area contributed by atoms with E-state index in [1.807, 2.05) is 0 Å². The third kappa shape index (κ3) is 4.72. The van der Waals surface area contributed by atoms with Crippen LogP contribution in [0.4, 0.5) is 0 Å². The highest BCUT2D eigenvalue weighted by atomic mass is 28.3. The van der Waals surface area contributed by atoms with Gasteiger partial charge in [-0.2, -0.15) is 0 Å². The zero-order valence-corrected chi connectivity index (χ0v) is 25.6. The van der Waals surface area contributed by atoms with Crippen LogP contribution in [0.25, 0.3) is 32.6 Å². The van der Waals surface area contributed by atoms with Gasteiger partial charge in [-0.1, -0.05) is 158 Å². The molecule has 0 amide bonds. The van der Waals surface area contributed by atoms with Gasteiger partial charge in [0.15, 0.2) is 0 Å². The fourth-order valence-electron chi connectivity index (χ4n) is 7.13. The molecule has 0 atom stereocenters. The van der Waals surface area contributed by atoms with Crippen LogP contribution in [0.2, 0.25) is 0 Å². The quantitative estimate of drug-likeness (QED) is 0.167. The van der Waals surface area contributed by atoms with Crippen molar-refractivity contribution in [3.05, 3.63) is 179 Å². The molecule has 0 aromatic heterocycles. The summed E-state index contributed by atoms with van der Waals surface area (Å²) in [4.78, 5) is 0. The van der Waals surface area contributed by atoms with E-state index in [2.05, 4.69) is 154 Å². The van der Waals surface area contributed by atoms with Crippen LogP contribution >= 0.6 is 0 Å². The number of fused-ring (bicyclic) bond motifs is 2. The van der Waals surface area contributed by atoms with Crippen LogP contribution in [0.3, 0.4) is 0 Å². The Hall–Kier alpha value is -4.20. The molecule has 0 N–H and O–H groups in total. The van der Waals surface area contributed by atoms with Crippen LogP contribution in [-0.4, -0.2) is 8.80 Å². The fraction of sp³-hybridized carbons (Fsp3) is 0.122. The molecule has 1 heteroatoms. The minimum Gasteiger partial charge on any atom is -0.0622 e. The lowest BCUT2D eigenvalue weighted by molar-refractivity contribution is 1.13. The van der Waals surface area contributed by atoms with Crippen LogP contribution in [-0.2, 0) is 6.04 Å². The molecule has 0 spiro atoms. The molecule has 0 nitrogen and oxygen atoms in total. The van der Waals surface area contributed by atoms with Crippen molar-refractivity contribution < 1.29 is 0 Å². The van der Waals surface area contributed by atoms with Crippen molar-refractivity contribution in [1.82, 2.24) is 0 Å². The van der Waals surface area contributed by atoms with Gasteiger partial charge in [-0.25, -0.2) is 0 Å². The predicted octanol–water partition coefficient (Wildman–Crippen LogP) is 10.3. The predicted molar refractivity (Wildman–Crippen MR) is 182 cm³/mol. The molecule has 0 saturated carbocycles. The average molecular weight is 557 g/mol. The molecule has 2 aliphatic rings. The third-order valence-electron chi connectivity index (χ3n) is 8.99. The van der Waals surface area contributed by atoms with Gasteiger partial charge in [-0.3, -0.25) is 0 Å². The van der Waals surface area contributed by atoms with Gasteiger partial charge in [-0.15, -0.1) is 0 Å². The summed E-state index contributed by atoms with van der Waals surface area (Å²) in [6, 6.07) is 48.2. The van der Waals surface area contributed by atoms with E-state index in [4.69, 9.17) is 0 Å². The minimum absolute atomic E-state index is 1.04. The monoisotopic (exact) mass is 556 g/mol. The first-order chi connectivity index (χ1) is 20.8. The highest BCUT2D eigenvalue weighted by Crippen LogP contribution is 2.50. The summed E-state index contributed by atoms with van der Waals surface area (Å²) < 4.78 is 0. The zero-order valence-electron chi connectivity index (χ0n) is 24.5. The first-order valence-electron chi connectivity index (χ1n) is 15.3. The van der Waals surface area contributed by atoms with E-state index in [0.29, 0.717) is 0 Å². The van der Waals surface area contributed by atoms with Crippen molar-refractivity contribution in [1.29, 1.82) is 0 Å². The lowest BCUT2D eigenvalue weighted by Crippen LogP contribution is -2.24. The Balaban J connectivity index is 1.49. The Kier molecular flexibility index (Phi) is 7.36. The molecule has 5 aromatic rings. The normalized spacial score (nSPS) is 14.1. The summed E-state index contributed by atoms with van der Waals surface area (Å²) in [7, 11) is -1.80. The lowest BCUT2D eigenvalue weighted by atomic mass is 9.97. The number of hydrogen-bond acceptors (Lipinski definition) is 0. The minimum atomic E-state index is -1.80. The number of benzene rings is 5. The van der Waals surface area contributed by atoms with E-state index in [9.17, 15) is 0 Å². The summed E-state index contributed by atoms with van der Waals surface area (Å²) in [6.07, 6.45) is 7.08. The van der Waals surface area contributed by atoms with Crippen LogP contribution in [0.1, 0.15) is 54.5 Å². The lowest BCUT2D eigenvalue weighted by Gasteiger charge is -2.27. The van der Waals surface area contributed by atoms with E-state index in [1.165, 1.54) is 61.2 Å². The molecule has 0 heterocycles. The summed E-state index contributed by atoms with van der Waals surface area (Å²) in [5, 5.41) is 3.28. The third-order valence-corrected chi connectivity index (χ3v) is 12.6. The Labute approximate surface area is 252 Å². The molecule has 2 radical (unpaired) electrons. The highest BCUT2D eigenvalue weighted by Gasteiger charge is 2.37. The van der Waals surface area contributed by atoms with Gasteiger partial charge in [0.05, 0.1) is 0 Å². The molecule has 204 valence electrons. The second-order valence-corrected chi connectivity index (χ2v) is 14.1. The molecular weight excluding hydrogens is 521 g/mol. The Morgan fingerprint density at radius 3 is 1.31 bits per heavy atom. The standard InChI is InChI=1S/C41H36Si/c1-3-30-26-34-22-14-24-36(32-18-10-6-11-19-32)38(34)40(30)42(28-29-16-8-5-9-17-29)41-31(4-2)27-35-23-15-25-37(39(35)41)33-20-12-7-13-21-33/h5-27,42H,3-4,28H2,1-2H3. The van der Waals surface area contributed by atoms with E-state index in [0.717, 1.165) is 18.9 Å². The smallest absolute Gasteiger partial charge is 0.0622 e. The molecule has 0 bridgehead atoms. The van der Waals surface area contributed by atoms with E-state index in [1.54, 1.807) is 10.4 Å². The van der Waals surface area contributed by atoms with Gasteiger partial charge in [0.25, 0.3) is 0 Å². The number of rotatable bonds is 8. The van der Waals surface area contributed by atoms with Crippen LogP contribution in [0, 0.1) is 12.8 Å². The van der Waals surface area contributed by atoms with E-state index in [-0.39, 0.29) is 0 Å². The largest absolute Gasteiger partial charge is 0.108 e. The fourth-order valence-corrected chi connectivity index (χ4v) is 11.4. The van der Waals surface area contributed by atoms with Crippen molar-refractivity contribution in [2.24, 2.45) is 0 Å². The maximum absolute atomic E-state index is 2.50. The molecule has 7 rings (SSSR count). The molecule has 0 unspecified atom stereocenters. The number of hydrogen-bond donors (Lipinski definition) is 0. The van der Waals surface area contributed by atoms with Gasteiger partial charge in [0.1, 0.15) is 8.80 Å². The van der Waals surface area contributed by atoms with Gasteiger partial charge in [-0.05, 0) is 73.8 Å². The summed E-state index contributed by atoms with van der Waals surface area (Å²) in [5.41, 5.74) is 15.5. The molecular formula is C41H36Si. The van der Waals surface area contributed by atoms with Gasteiger partial charge in [0, 0.05) is 12.8 Å². The van der Waals surface area contributed by atoms with Gasteiger partial charge in [0.2, 0.25) is 0 Å². The summed E-state index contributed by atoms with van der Waals surface area (Å²) >= 11 is 0. The van der Waals surface area contributed by atoms with Crippen molar-refractivity contribution in [2.75, 3.05) is 0 Å².